The minimum atomic E-state index is -0.519. The van der Waals surface area contributed by atoms with Gasteiger partial charge in [0.15, 0.2) is 5.78 Å². The molecule has 0 atom stereocenters. The second-order valence-electron chi connectivity index (χ2n) is 4.16. The summed E-state index contributed by atoms with van der Waals surface area (Å²) in [7, 11) is 0. The normalized spacial score (nSPS) is 15.5. The van der Waals surface area contributed by atoms with Crippen LogP contribution in [0.3, 0.4) is 0 Å². The molecule has 4 nitrogen and oxygen atoms in total. The van der Waals surface area contributed by atoms with Gasteiger partial charge in [-0.1, -0.05) is 0 Å². The zero-order chi connectivity index (χ0) is 11.7. The van der Waals surface area contributed by atoms with E-state index in [1.165, 1.54) is 6.92 Å². The van der Waals surface area contributed by atoms with E-state index < -0.39 is 5.63 Å². The molecule has 1 aromatic rings. The molecule has 1 fully saturated rings. The molecule has 1 aliphatic heterocycles. The largest absolute Gasteiger partial charge is 0.428 e. The Kier molecular flexibility index (Phi) is 2.81. The maximum absolute atomic E-state index is 11.6. The first-order chi connectivity index (χ1) is 7.59. The first kappa shape index (κ1) is 10.9. The summed E-state index contributed by atoms with van der Waals surface area (Å²) in [6.07, 6.45) is 2.22. The molecule has 0 radical (unpaired) electrons. The first-order valence-corrected chi connectivity index (χ1v) is 5.50. The number of aryl methyl sites for hydroxylation is 1. The second-order valence-corrected chi connectivity index (χ2v) is 4.16. The molecule has 0 amide bonds. The van der Waals surface area contributed by atoms with Gasteiger partial charge in [-0.3, -0.25) is 4.79 Å². The Morgan fingerprint density at radius 3 is 2.56 bits per heavy atom. The summed E-state index contributed by atoms with van der Waals surface area (Å²) in [6.45, 7) is 4.94. The van der Waals surface area contributed by atoms with Crippen molar-refractivity contribution in [3.8, 4) is 0 Å². The van der Waals surface area contributed by atoms with E-state index in [1.54, 1.807) is 13.0 Å². The van der Waals surface area contributed by atoms with E-state index in [1.807, 2.05) is 0 Å². The molecular weight excluding hydrogens is 206 g/mol. The molecule has 0 saturated carbocycles. The van der Waals surface area contributed by atoms with Gasteiger partial charge in [-0.2, -0.15) is 0 Å². The zero-order valence-corrected chi connectivity index (χ0v) is 9.58. The van der Waals surface area contributed by atoms with Crippen molar-refractivity contribution in [2.75, 3.05) is 18.0 Å². The predicted octanol–water partition coefficient (Wildman–Crippen LogP) is 1.75. The van der Waals surface area contributed by atoms with Crippen LogP contribution in [0.4, 0.5) is 5.69 Å². The number of hydrogen-bond acceptors (Lipinski definition) is 4. The molecule has 1 saturated heterocycles. The number of nitrogens with zero attached hydrogens (tertiary/aromatic N) is 1. The van der Waals surface area contributed by atoms with Gasteiger partial charge in [0.25, 0.3) is 0 Å². The number of hydrogen-bond donors (Lipinski definition) is 0. The highest BCUT2D eigenvalue weighted by Crippen LogP contribution is 2.23. The van der Waals surface area contributed by atoms with Crippen molar-refractivity contribution >= 4 is 11.5 Å². The molecule has 0 bridgehead atoms. The lowest BCUT2D eigenvalue weighted by Gasteiger charge is -2.19. The summed E-state index contributed by atoms with van der Waals surface area (Å²) in [5.41, 5.74) is 0.403. The topological polar surface area (TPSA) is 50.5 Å². The van der Waals surface area contributed by atoms with Crippen LogP contribution < -0.4 is 10.5 Å². The monoisotopic (exact) mass is 221 g/mol. The predicted molar refractivity (Wildman–Crippen MR) is 61.2 cm³/mol. The van der Waals surface area contributed by atoms with Crippen molar-refractivity contribution in [1.82, 2.24) is 0 Å². The fourth-order valence-corrected chi connectivity index (χ4v) is 2.13. The SMILES string of the molecule is CC(=O)c1c(N2CCCC2)cc(C)oc1=O. The van der Waals surface area contributed by atoms with E-state index in [9.17, 15) is 9.59 Å². The van der Waals surface area contributed by atoms with Crippen LogP contribution in [0.25, 0.3) is 0 Å². The van der Waals surface area contributed by atoms with Crippen LogP contribution in [-0.4, -0.2) is 18.9 Å². The van der Waals surface area contributed by atoms with Gasteiger partial charge in [-0.05, 0) is 26.7 Å². The maximum atomic E-state index is 11.6. The van der Waals surface area contributed by atoms with Gasteiger partial charge in [0.2, 0.25) is 0 Å². The van der Waals surface area contributed by atoms with Gasteiger partial charge in [-0.25, -0.2) is 4.79 Å². The van der Waals surface area contributed by atoms with Crippen LogP contribution in [0.1, 0.15) is 35.9 Å². The van der Waals surface area contributed by atoms with Crippen molar-refractivity contribution in [2.45, 2.75) is 26.7 Å². The molecule has 0 unspecified atom stereocenters. The Bertz CT molecular complexity index is 470. The first-order valence-electron chi connectivity index (χ1n) is 5.50. The molecule has 1 aliphatic rings. The Hall–Kier alpha value is -1.58. The summed E-state index contributed by atoms with van der Waals surface area (Å²) >= 11 is 0. The molecule has 16 heavy (non-hydrogen) atoms. The highest BCUT2D eigenvalue weighted by atomic mass is 16.4. The van der Waals surface area contributed by atoms with Crippen molar-refractivity contribution in [2.24, 2.45) is 0 Å². The van der Waals surface area contributed by atoms with Crippen LogP contribution in [0.2, 0.25) is 0 Å². The molecule has 0 aromatic carbocycles. The van der Waals surface area contributed by atoms with E-state index >= 15 is 0 Å². The molecule has 2 rings (SSSR count). The Morgan fingerprint density at radius 1 is 1.38 bits per heavy atom. The van der Waals surface area contributed by atoms with Gasteiger partial charge in [0, 0.05) is 19.2 Å². The van der Waals surface area contributed by atoms with Crippen LogP contribution in [-0.2, 0) is 0 Å². The number of rotatable bonds is 2. The number of carbonyl (C=O) groups is 1. The molecule has 1 aromatic heterocycles. The lowest BCUT2D eigenvalue weighted by atomic mass is 10.1. The van der Waals surface area contributed by atoms with E-state index in [-0.39, 0.29) is 11.3 Å². The number of ketones is 1. The van der Waals surface area contributed by atoms with E-state index in [4.69, 9.17) is 4.42 Å². The molecule has 2 heterocycles. The third-order valence-corrected chi connectivity index (χ3v) is 2.85. The molecule has 4 heteroatoms. The minimum absolute atomic E-state index is 0.188. The number of Topliss-reactive ketones (excluding diaryl/α,β-unsaturated/α-hetero) is 1. The third kappa shape index (κ3) is 1.87. The fourth-order valence-electron chi connectivity index (χ4n) is 2.13. The second kappa shape index (κ2) is 4.12. The number of carbonyl (C=O) groups excluding carboxylic acids is 1. The highest BCUT2D eigenvalue weighted by Gasteiger charge is 2.21. The highest BCUT2D eigenvalue weighted by molar-refractivity contribution is 5.99. The van der Waals surface area contributed by atoms with Crippen molar-refractivity contribution in [1.29, 1.82) is 0 Å². The average Bonchev–Trinajstić information content (AvgIpc) is 2.67. The summed E-state index contributed by atoms with van der Waals surface area (Å²) in [5, 5.41) is 0. The Labute approximate surface area is 93.9 Å². The molecule has 0 spiro atoms. The molecule has 86 valence electrons. The van der Waals surface area contributed by atoms with Crippen molar-refractivity contribution in [3.63, 3.8) is 0 Å². The van der Waals surface area contributed by atoms with Gasteiger partial charge in [0.05, 0.1) is 5.69 Å². The summed E-state index contributed by atoms with van der Waals surface area (Å²) in [5.74, 6) is 0.326. The number of anilines is 1. The quantitative estimate of drug-likeness (QED) is 0.714. The summed E-state index contributed by atoms with van der Waals surface area (Å²) in [6, 6.07) is 1.78. The van der Waals surface area contributed by atoms with Crippen LogP contribution in [0.5, 0.6) is 0 Å². The standard InChI is InChI=1S/C12H15NO3/c1-8-7-10(13-5-3-4-6-13)11(9(2)14)12(15)16-8/h7H,3-6H2,1-2H3. The smallest absolute Gasteiger partial charge is 0.348 e. The average molecular weight is 221 g/mol. The Balaban J connectivity index is 2.56. The van der Waals surface area contributed by atoms with Gasteiger partial charge >= 0.3 is 5.63 Å². The van der Waals surface area contributed by atoms with Crippen LogP contribution in [0.15, 0.2) is 15.3 Å². The van der Waals surface area contributed by atoms with Crippen LogP contribution in [0, 0.1) is 6.92 Å². The zero-order valence-electron chi connectivity index (χ0n) is 9.58. The van der Waals surface area contributed by atoms with Crippen molar-refractivity contribution < 1.29 is 9.21 Å². The van der Waals surface area contributed by atoms with E-state index in [2.05, 4.69) is 4.90 Å². The Morgan fingerprint density at radius 2 is 2.00 bits per heavy atom. The molecule has 0 aliphatic carbocycles. The molecular formula is C12H15NO3. The van der Waals surface area contributed by atoms with Gasteiger partial charge < -0.3 is 9.32 Å². The maximum Gasteiger partial charge on any atom is 0.348 e. The van der Waals surface area contributed by atoms with Gasteiger partial charge in [-0.15, -0.1) is 0 Å². The van der Waals surface area contributed by atoms with Crippen LogP contribution >= 0.6 is 0 Å². The lowest BCUT2D eigenvalue weighted by molar-refractivity contribution is 0.101. The summed E-state index contributed by atoms with van der Waals surface area (Å²) in [4.78, 5) is 25.2. The van der Waals surface area contributed by atoms with E-state index in [0.717, 1.165) is 31.6 Å². The lowest BCUT2D eigenvalue weighted by Crippen LogP contribution is -2.25. The van der Waals surface area contributed by atoms with E-state index in [0.29, 0.717) is 5.76 Å². The van der Waals surface area contributed by atoms with Crippen molar-refractivity contribution in [3.05, 3.63) is 27.8 Å². The fraction of sp³-hybridized carbons (Fsp3) is 0.500. The summed E-state index contributed by atoms with van der Waals surface area (Å²) < 4.78 is 4.97. The molecule has 0 N–H and O–H groups in total. The minimum Gasteiger partial charge on any atom is -0.428 e. The van der Waals surface area contributed by atoms with Gasteiger partial charge in [0.1, 0.15) is 11.3 Å². The third-order valence-electron chi connectivity index (χ3n) is 2.85.